The number of hydrogen-bond donors (Lipinski definition) is 0. The lowest BCUT2D eigenvalue weighted by Gasteiger charge is -2.24. The van der Waals surface area contributed by atoms with E-state index in [9.17, 15) is 10.1 Å². The van der Waals surface area contributed by atoms with Crippen molar-refractivity contribution >= 4 is 5.69 Å². The van der Waals surface area contributed by atoms with Crippen molar-refractivity contribution in [3.05, 3.63) is 93.9 Å². The molecule has 130 valence electrons. The third-order valence-corrected chi connectivity index (χ3v) is 4.25. The summed E-state index contributed by atoms with van der Waals surface area (Å²) in [5.74, 6) is 0. The Morgan fingerprint density at radius 1 is 1.04 bits per heavy atom. The molecule has 0 spiro atoms. The zero-order valence-corrected chi connectivity index (χ0v) is 14.7. The van der Waals surface area contributed by atoms with Gasteiger partial charge in [0.2, 0.25) is 0 Å². The third kappa shape index (κ3) is 3.81. The molecule has 0 saturated heterocycles. The van der Waals surface area contributed by atoms with E-state index in [4.69, 9.17) is 0 Å². The van der Waals surface area contributed by atoms with E-state index in [0.29, 0.717) is 25.3 Å². The molecule has 5 heteroatoms. The van der Waals surface area contributed by atoms with Crippen LogP contribution in [0.1, 0.15) is 23.6 Å². The summed E-state index contributed by atoms with van der Waals surface area (Å²) in [5, 5.41) is 13.9. The Morgan fingerprint density at radius 2 is 1.65 bits per heavy atom. The minimum Gasteiger partial charge on any atom is -0.365 e. The van der Waals surface area contributed by atoms with Crippen LogP contribution >= 0.6 is 0 Å². The number of rotatable bonds is 6. The number of benzene rings is 2. The highest BCUT2D eigenvalue weighted by atomic mass is 16.1. The highest BCUT2D eigenvalue weighted by Gasteiger charge is 2.16. The summed E-state index contributed by atoms with van der Waals surface area (Å²) in [6.45, 7) is 3.64. The quantitative estimate of drug-likeness (QED) is 0.689. The first-order valence-corrected chi connectivity index (χ1v) is 8.56. The normalized spacial score (nSPS) is 10.3. The van der Waals surface area contributed by atoms with Crippen molar-refractivity contribution in [2.45, 2.75) is 20.0 Å². The minimum absolute atomic E-state index is 0.133. The first-order chi connectivity index (χ1) is 12.7. The maximum Gasteiger partial charge on any atom is 0.287 e. The topological polar surface area (TPSA) is 61.9 Å². The predicted molar refractivity (Wildman–Crippen MR) is 102 cm³/mol. The number of hydrogen-bond acceptors (Lipinski definition) is 4. The average Bonchev–Trinajstić information content (AvgIpc) is 2.69. The van der Waals surface area contributed by atoms with Crippen molar-refractivity contribution in [3.63, 3.8) is 0 Å². The largest absolute Gasteiger partial charge is 0.365 e. The van der Waals surface area contributed by atoms with Crippen LogP contribution in [-0.4, -0.2) is 16.3 Å². The predicted octanol–water partition coefficient (Wildman–Crippen LogP) is 3.19. The van der Waals surface area contributed by atoms with E-state index >= 15 is 0 Å². The van der Waals surface area contributed by atoms with Crippen LogP contribution in [0.3, 0.4) is 0 Å². The van der Waals surface area contributed by atoms with E-state index in [-0.39, 0.29) is 11.1 Å². The van der Waals surface area contributed by atoms with Crippen LogP contribution in [0.5, 0.6) is 0 Å². The summed E-state index contributed by atoms with van der Waals surface area (Å²) in [6, 6.07) is 21.7. The van der Waals surface area contributed by atoms with Crippen LogP contribution in [0, 0.1) is 11.3 Å². The second kappa shape index (κ2) is 8.13. The lowest BCUT2D eigenvalue weighted by Crippen LogP contribution is -2.31. The van der Waals surface area contributed by atoms with E-state index in [1.165, 1.54) is 4.68 Å². The lowest BCUT2D eigenvalue weighted by atomic mass is 10.1. The number of nitriles is 1. The molecule has 0 bridgehead atoms. The van der Waals surface area contributed by atoms with Crippen molar-refractivity contribution in [2.24, 2.45) is 0 Å². The Labute approximate surface area is 152 Å². The highest BCUT2D eigenvalue weighted by molar-refractivity contribution is 5.57. The molecule has 0 aliphatic heterocycles. The van der Waals surface area contributed by atoms with Gasteiger partial charge in [-0.3, -0.25) is 4.79 Å². The Morgan fingerprint density at radius 3 is 2.23 bits per heavy atom. The smallest absolute Gasteiger partial charge is 0.287 e. The fourth-order valence-corrected chi connectivity index (χ4v) is 2.86. The van der Waals surface area contributed by atoms with E-state index < -0.39 is 0 Å². The summed E-state index contributed by atoms with van der Waals surface area (Å²) in [5.41, 5.74) is 2.43. The molecule has 1 aromatic heterocycles. The zero-order chi connectivity index (χ0) is 18.4. The van der Waals surface area contributed by atoms with Crippen molar-refractivity contribution in [2.75, 3.05) is 11.4 Å². The molecule has 3 rings (SSSR count). The average molecular weight is 344 g/mol. The Kier molecular flexibility index (Phi) is 5.45. The van der Waals surface area contributed by atoms with Gasteiger partial charge in [-0.15, -0.1) is 0 Å². The third-order valence-electron chi connectivity index (χ3n) is 4.25. The maximum absolute atomic E-state index is 12.7. The van der Waals surface area contributed by atoms with E-state index in [2.05, 4.69) is 11.2 Å². The van der Waals surface area contributed by atoms with Crippen molar-refractivity contribution < 1.29 is 0 Å². The molecule has 0 saturated carbocycles. The lowest BCUT2D eigenvalue weighted by molar-refractivity contribution is 0.633. The molecule has 0 amide bonds. The van der Waals surface area contributed by atoms with Gasteiger partial charge >= 0.3 is 0 Å². The molecular weight excluding hydrogens is 324 g/mol. The highest BCUT2D eigenvalue weighted by Crippen LogP contribution is 2.18. The molecular formula is C21H20N4O. The molecule has 5 nitrogen and oxygen atoms in total. The number of aromatic nitrogens is 2. The fourth-order valence-electron chi connectivity index (χ4n) is 2.86. The van der Waals surface area contributed by atoms with Gasteiger partial charge in [0.15, 0.2) is 0 Å². The van der Waals surface area contributed by atoms with Gasteiger partial charge < -0.3 is 4.90 Å². The van der Waals surface area contributed by atoms with Crippen LogP contribution in [-0.2, 0) is 13.1 Å². The minimum atomic E-state index is -0.361. The molecule has 0 aliphatic carbocycles. The van der Waals surface area contributed by atoms with Gasteiger partial charge in [0.05, 0.1) is 18.4 Å². The molecule has 0 unspecified atom stereocenters. The van der Waals surface area contributed by atoms with Gasteiger partial charge in [-0.1, -0.05) is 60.7 Å². The Hall–Kier alpha value is -3.39. The maximum atomic E-state index is 12.7. The van der Waals surface area contributed by atoms with Gasteiger partial charge in [0, 0.05) is 13.1 Å². The van der Waals surface area contributed by atoms with Crippen molar-refractivity contribution in [1.82, 2.24) is 9.78 Å². The molecule has 0 aliphatic rings. The van der Waals surface area contributed by atoms with Gasteiger partial charge in [0.25, 0.3) is 5.56 Å². The molecule has 0 N–H and O–H groups in total. The summed E-state index contributed by atoms with van der Waals surface area (Å²) in [7, 11) is 0. The van der Waals surface area contributed by atoms with Crippen LogP contribution < -0.4 is 10.5 Å². The summed E-state index contributed by atoms with van der Waals surface area (Å²) in [6.07, 6.45) is 1.62. The van der Waals surface area contributed by atoms with Crippen LogP contribution in [0.15, 0.2) is 71.7 Å². The van der Waals surface area contributed by atoms with E-state index in [0.717, 1.165) is 11.1 Å². The molecule has 26 heavy (non-hydrogen) atoms. The molecule has 0 atom stereocenters. The van der Waals surface area contributed by atoms with E-state index in [1.807, 2.05) is 72.5 Å². The van der Waals surface area contributed by atoms with Gasteiger partial charge in [-0.25, -0.2) is 4.68 Å². The van der Waals surface area contributed by atoms with E-state index in [1.54, 1.807) is 6.20 Å². The van der Waals surface area contributed by atoms with Crippen LogP contribution in [0.2, 0.25) is 0 Å². The zero-order valence-electron chi connectivity index (χ0n) is 14.7. The first-order valence-electron chi connectivity index (χ1n) is 8.56. The first kappa shape index (κ1) is 17.4. The Balaban J connectivity index is 1.94. The van der Waals surface area contributed by atoms with Gasteiger partial charge in [-0.2, -0.15) is 10.4 Å². The molecule has 1 heterocycles. The van der Waals surface area contributed by atoms with Crippen LogP contribution in [0.25, 0.3) is 0 Å². The molecule has 0 fully saturated rings. The van der Waals surface area contributed by atoms with Crippen molar-refractivity contribution in [3.8, 4) is 6.07 Å². The Bertz CT molecular complexity index is 959. The number of nitrogens with zero attached hydrogens (tertiary/aromatic N) is 4. The van der Waals surface area contributed by atoms with Crippen molar-refractivity contribution in [1.29, 1.82) is 5.26 Å². The summed E-state index contributed by atoms with van der Waals surface area (Å²) in [4.78, 5) is 14.7. The van der Waals surface area contributed by atoms with Gasteiger partial charge in [-0.05, 0) is 18.1 Å². The number of anilines is 1. The van der Waals surface area contributed by atoms with Gasteiger partial charge in [0.1, 0.15) is 11.6 Å². The molecule has 2 aromatic carbocycles. The second-order valence-electron chi connectivity index (χ2n) is 5.96. The second-order valence-corrected chi connectivity index (χ2v) is 5.96. The molecule has 3 aromatic rings. The molecule has 0 radical (unpaired) electrons. The summed E-state index contributed by atoms with van der Waals surface area (Å²) < 4.78 is 1.34. The standard InChI is InChI=1S/C21H20N4O/c1-2-24(15-17-9-5-3-6-10-17)20-14-23-25(21(26)19(20)13-22)16-18-11-7-4-8-12-18/h3-12,14H,2,15-16H2,1H3. The monoisotopic (exact) mass is 344 g/mol. The summed E-state index contributed by atoms with van der Waals surface area (Å²) >= 11 is 0. The van der Waals surface area contributed by atoms with Crippen LogP contribution in [0.4, 0.5) is 5.69 Å². The fraction of sp³-hybridized carbons (Fsp3) is 0.190. The SMILES string of the molecule is CCN(Cc1ccccc1)c1cnn(Cc2ccccc2)c(=O)c1C#N.